The standard InChI is InChI=1S/C50H84O19/c1-22(2)12-11-15-50(10,69-44-40(62)37(59)35(57)29(67-44)21-63-24(4)52)25-13-17-48(8)32(25)26(53)18-30-47(7)16-14-31(54)46(5,6)42(47)27(19-49(30,48)9)65-45-41(38(60)34(56)28(20-51)66-45)68-43-39(61)36(58)33(55)23(3)64-43/h12,23,25-45,51,53-62H,11,13-21H2,1-10H3/t23-,25-,26+,27-,28+,29+,30+,31-,32-,33-,34+,35+,36+,37-,38-,39+,40+,41+,42-,43-,44-,45+,47+,48+,49+,50-/m0/s1. The van der Waals surface area contributed by atoms with Crippen LogP contribution in [0, 0.1) is 45.3 Å². The van der Waals surface area contributed by atoms with E-state index in [1.807, 2.05) is 34.6 Å². The molecule has 398 valence electrons. The number of aliphatic hydroxyl groups excluding tert-OH is 11. The molecule has 4 saturated carbocycles. The number of carbonyl (C=O) groups excluding carboxylic acids is 1. The fourth-order valence-electron chi connectivity index (χ4n) is 15.1. The van der Waals surface area contributed by atoms with Gasteiger partial charge in [-0.25, -0.2) is 0 Å². The van der Waals surface area contributed by atoms with Crippen molar-refractivity contribution in [3.05, 3.63) is 11.6 Å². The Morgan fingerprint density at radius 3 is 1.99 bits per heavy atom. The third-order valence-corrected chi connectivity index (χ3v) is 18.9. The van der Waals surface area contributed by atoms with E-state index in [4.69, 9.17) is 33.2 Å². The van der Waals surface area contributed by atoms with E-state index < -0.39 is 156 Å². The summed E-state index contributed by atoms with van der Waals surface area (Å²) in [5, 5.41) is 123. The molecule has 3 saturated heterocycles. The molecular formula is C50H84O19. The van der Waals surface area contributed by atoms with Gasteiger partial charge in [0.15, 0.2) is 18.9 Å². The Bertz CT molecular complexity index is 1820. The second kappa shape index (κ2) is 20.3. The predicted octanol–water partition coefficient (Wildman–Crippen LogP) is 0.542. The quantitative estimate of drug-likeness (QED) is 0.0682. The minimum absolute atomic E-state index is 0.103. The Balaban J connectivity index is 1.26. The molecule has 7 rings (SSSR count). The second-order valence-corrected chi connectivity index (χ2v) is 23.7. The molecular weight excluding hydrogens is 905 g/mol. The lowest BCUT2D eigenvalue weighted by atomic mass is 9.34. The van der Waals surface area contributed by atoms with Crippen molar-refractivity contribution in [2.45, 2.75) is 237 Å². The normalized spacial score (nSPS) is 51.6. The Hall–Kier alpha value is -1.47. The average molecular weight is 989 g/mol. The van der Waals surface area contributed by atoms with Gasteiger partial charge in [-0.1, -0.05) is 46.3 Å². The van der Waals surface area contributed by atoms with Crippen LogP contribution in [0.4, 0.5) is 0 Å². The highest BCUT2D eigenvalue weighted by molar-refractivity contribution is 5.65. The highest BCUT2D eigenvalue weighted by atomic mass is 16.8. The Labute approximate surface area is 406 Å². The zero-order valence-corrected chi connectivity index (χ0v) is 42.0. The maximum atomic E-state index is 12.8. The first kappa shape index (κ1) is 55.3. The van der Waals surface area contributed by atoms with E-state index in [1.54, 1.807) is 0 Å². The van der Waals surface area contributed by atoms with Crippen LogP contribution in [0.1, 0.15) is 121 Å². The fourth-order valence-corrected chi connectivity index (χ4v) is 15.1. The number of carbonyl (C=O) groups is 1. The summed E-state index contributed by atoms with van der Waals surface area (Å²) in [6.07, 6.45) is -18.8. The van der Waals surface area contributed by atoms with Gasteiger partial charge in [0.25, 0.3) is 0 Å². The molecule has 0 bridgehead atoms. The number of esters is 1. The molecule has 11 N–H and O–H groups in total. The average Bonchev–Trinajstić information content (AvgIpc) is 3.66. The first-order chi connectivity index (χ1) is 32.1. The van der Waals surface area contributed by atoms with Crippen molar-refractivity contribution in [3.8, 4) is 0 Å². The van der Waals surface area contributed by atoms with E-state index in [9.17, 15) is 61.0 Å². The largest absolute Gasteiger partial charge is 0.463 e. The summed E-state index contributed by atoms with van der Waals surface area (Å²) in [5.74, 6) is -1.82. The van der Waals surface area contributed by atoms with Gasteiger partial charge in [-0.15, -0.1) is 0 Å². The summed E-state index contributed by atoms with van der Waals surface area (Å²) in [6, 6.07) is 0. The van der Waals surface area contributed by atoms with Gasteiger partial charge in [0.2, 0.25) is 0 Å². The zero-order valence-electron chi connectivity index (χ0n) is 42.0. The van der Waals surface area contributed by atoms with Crippen LogP contribution in [-0.4, -0.2) is 191 Å². The predicted molar refractivity (Wildman–Crippen MR) is 243 cm³/mol. The van der Waals surface area contributed by atoms with Crippen molar-refractivity contribution in [3.63, 3.8) is 0 Å². The van der Waals surface area contributed by atoms with E-state index >= 15 is 0 Å². The monoisotopic (exact) mass is 989 g/mol. The highest BCUT2D eigenvalue weighted by Crippen LogP contribution is 2.76. The van der Waals surface area contributed by atoms with Crippen LogP contribution in [0.15, 0.2) is 11.6 Å². The molecule has 0 radical (unpaired) electrons. The Morgan fingerprint density at radius 2 is 1.35 bits per heavy atom. The Kier molecular flexibility index (Phi) is 16.3. The van der Waals surface area contributed by atoms with Gasteiger partial charge in [0, 0.05) is 6.92 Å². The molecule has 0 amide bonds. The van der Waals surface area contributed by atoms with Gasteiger partial charge < -0.3 is 89.3 Å². The maximum absolute atomic E-state index is 12.8. The number of allylic oxidation sites excluding steroid dienone is 2. The van der Waals surface area contributed by atoms with E-state index in [-0.39, 0.29) is 24.4 Å². The van der Waals surface area contributed by atoms with Gasteiger partial charge in [-0.05, 0) is 124 Å². The van der Waals surface area contributed by atoms with Gasteiger partial charge in [-0.3, -0.25) is 4.79 Å². The van der Waals surface area contributed by atoms with Crippen LogP contribution in [0.5, 0.6) is 0 Å². The molecule has 0 spiro atoms. The number of hydrogen-bond donors (Lipinski definition) is 11. The summed E-state index contributed by atoms with van der Waals surface area (Å²) in [4.78, 5) is 11.7. The molecule has 7 fully saturated rings. The summed E-state index contributed by atoms with van der Waals surface area (Å²) < 4.78 is 43.5. The smallest absolute Gasteiger partial charge is 0.302 e. The van der Waals surface area contributed by atoms with Gasteiger partial charge in [0.05, 0.1) is 36.6 Å². The van der Waals surface area contributed by atoms with Crippen LogP contribution >= 0.6 is 0 Å². The third kappa shape index (κ3) is 9.64. The van der Waals surface area contributed by atoms with Crippen LogP contribution in [-0.2, 0) is 38.0 Å². The van der Waals surface area contributed by atoms with Crippen LogP contribution in [0.3, 0.4) is 0 Å². The molecule has 0 aromatic heterocycles. The molecule has 0 unspecified atom stereocenters. The van der Waals surface area contributed by atoms with Crippen LogP contribution in [0.2, 0.25) is 0 Å². The Morgan fingerprint density at radius 1 is 0.725 bits per heavy atom. The molecule has 69 heavy (non-hydrogen) atoms. The van der Waals surface area contributed by atoms with Crippen molar-refractivity contribution in [2.24, 2.45) is 45.3 Å². The number of rotatable bonds is 13. The lowest BCUT2D eigenvalue weighted by Gasteiger charge is -2.72. The van der Waals surface area contributed by atoms with E-state index in [0.29, 0.717) is 51.4 Å². The molecule has 19 nitrogen and oxygen atoms in total. The minimum Gasteiger partial charge on any atom is -0.463 e. The van der Waals surface area contributed by atoms with Crippen LogP contribution < -0.4 is 0 Å². The molecule has 0 aromatic rings. The molecule has 7 aliphatic rings. The topological polar surface area (TPSA) is 304 Å². The van der Waals surface area contributed by atoms with E-state index in [1.165, 1.54) is 13.8 Å². The SMILES string of the molecule is CC(=O)OC[C@H]1O[C@@H](O[C@@](C)(CCC=C(C)C)[C@H]2CC[C@]3(C)[C@@H]2[C@H](O)C[C@@H]2[C@@]4(C)CC[C@H](O)C(C)(C)[C@@H]4[C@@H](O[C@@H]4O[C@H](CO)[C@@H](O)[C@H](O)[C@H]4O[C@@H]4O[C@@H](C)[C@H](O)[C@@H](O)[C@H]4O)C[C@]23C)[C@H](O)[C@@H](O)[C@@H]1O. The first-order valence-corrected chi connectivity index (χ1v) is 25.2. The summed E-state index contributed by atoms with van der Waals surface area (Å²) >= 11 is 0. The molecule has 3 aliphatic heterocycles. The maximum Gasteiger partial charge on any atom is 0.302 e. The number of aliphatic hydroxyl groups is 11. The molecule has 4 aliphatic carbocycles. The van der Waals surface area contributed by atoms with Gasteiger partial charge in [0.1, 0.15) is 73.8 Å². The van der Waals surface area contributed by atoms with Gasteiger partial charge in [-0.2, -0.15) is 0 Å². The molecule has 3 heterocycles. The lowest BCUT2D eigenvalue weighted by molar-refractivity contribution is -0.382. The number of ether oxygens (including phenoxy) is 7. The van der Waals surface area contributed by atoms with E-state index in [0.717, 1.165) is 5.57 Å². The fraction of sp³-hybridized carbons (Fsp3) is 0.940. The number of fused-ring (bicyclic) bond motifs is 5. The summed E-state index contributed by atoms with van der Waals surface area (Å²) in [5.41, 5.74) is -2.55. The van der Waals surface area contributed by atoms with Crippen molar-refractivity contribution in [1.82, 2.24) is 0 Å². The summed E-state index contributed by atoms with van der Waals surface area (Å²) in [7, 11) is 0. The third-order valence-electron chi connectivity index (χ3n) is 18.9. The lowest BCUT2D eigenvalue weighted by Crippen LogP contribution is -2.71. The van der Waals surface area contributed by atoms with Crippen LogP contribution in [0.25, 0.3) is 0 Å². The van der Waals surface area contributed by atoms with Crippen molar-refractivity contribution < 1.29 is 94.1 Å². The van der Waals surface area contributed by atoms with Crippen molar-refractivity contribution in [2.75, 3.05) is 13.2 Å². The molecule has 19 heteroatoms. The molecule has 0 aromatic carbocycles. The number of hydrogen-bond acceptors (Lipinski definition) is 19. The second-order valence-electron chi connectivity index (χ2n) is 23.7. The summed E-state index contributed by atoms with van der Waals surface area (Å²) in [6.45, 7) is 18.2. The van der Waals surface area contributed by atoms with Crippen molar-refractivity contribution in [1.29, 1.82) is 0 Å². The van der Waals surface area contributed by atoms with Gasteiger partial charge >= 0.3 is 5.97 Å². The van der Waals surface area contributed by atoms with Crippen molar-refractivity contribution >= 4 is 5.97 Å². The first-order valence-electron chi connectivity index (χ1n) is 25.2. The minimum atomic E-state index is -1.76. The highest BCUT2D eigenvalue weighted by Gasteiger charge is 2.74. The zero-order chi connectivity index (χ0) is 51.1. The molecule has 26 atom stereocenters. The van der Waals surface area contributed by atoms with E-state index in [2.05, 4.69) is 26.8 Å².